The minimum absolute atomic E-state index is 0.000306. The van der Waals surface area contributed by atoms with Crippen molar-refractivity contribution < 1.29 is 14.0 Å². The molecule has 1 atom stereocenters. The molecular weight excluding hydrogens is 258 g/mol. The molecule has 5 heteroatoms. The lowest BCUT2D eigenvalue weighted by Crippen LogP contribution is -2.33. The number of rotatable bonds is 9. The summed E-state index contributed by atoms with van der Waals surface area (Å²) in [7, 11) is -1.58. The molecule has 0 aromatic carbocycles. The first-order valence-corrected chi connectivity index (χ1v) is 10.5. The molecule has 0 aliphatic carbocycles. The topological polar surface area (TPSA) is 38.5 Å². The predicted molar refractivity (Wildman–Crippen MR) is 79.7 cm³/mol. The van der Waals surface area contributed by atoms with E-state index in [2.05, 4.69) is 31.8 Å². The average molecular weight is 287 g/mol. The molecule has 0 bridgehead atoms. The smallest absolute Gasteiger partial charge is 0.309 e. The van der Waals surface area contributed by atoms with Gasteiger partial charge in [0.05, 0.1) is 12.5 Å². The van der Waals surface area contributed by atoms with Crippen molar-refractivity contribution in [2.24, 2.45) is 5.92 Å². The molecule has 19 heavy (non-hydrogen) atoms. The lowest BCUT2D eigenvalue weighted by atomic mass is 10.2. The van der Waals surface area contributed by atoms with Gasteiger partial charge in [0.2, 0.25) is 0 Å². The molecule has 1 heterocycles. The fraction of sp³-hybridized carbons (Fsp3) is 0.929. The lowest BCUT2D eigenvalue weighted by molar-refractivity contribution is -0.148. The van der Waals surface area contributed by atoms with Crippen LogP contribution in [0, 0.1) is 5.92 Å². The van der Waals surface area contributed by atoms with Crippen LogP contribution in [0.2, 0.25) is 19.1 Å². The van der Waals surface area contributed by atoms with E-state index in [1.807, 2.05) is 6.92 Å². The number of esters is 1. The summed E-state index contributed by atoms with van der Waals surface area (Å²) < 4.78 is 11.3. The van der Waals surface area contributed by atoms with E-state index >= 15 is 0 Å². The molecule has 1 aliphatic rings. The van der Waals surface area contributed by atoms with Gasteiger partial charge in [-0.05, 0) is 39.4 Å². The van der Waals surface area contributed by atoms with Crippen molar-refractivity contribution in [2.75, 3.05) is 26.2 Å². The number of nitrogens with zero attached hydrogens (tertiary/aromatic N) is 1. The van der Waals surface area contributed by atoms with Crippen LogP contribution in [-0.2, 0) is 14.0 Å². The fourth-order valence-corrected chi connectivity index (χ4v) is 4.61. The van der Waals surface area contributed by atoms with Crippen LogP contribution in [0.1, 0.15) is 27.2 Å². The minimum atomic E-state index is -1.58. The van der Waals surface area contributed by atoms with E-state index in [1.165, 1.54) is 0 Å². The van der Waals surface area contributed by atoms with E-state index in [4.69, 9.17) is 9.16 Å². The zero-order chi connectivity index (χ0) is 14.5. The van der Waals surface area contributed by atoms with Crippen LogP contribution in [0.15, 0.2) is 0 Å². The normalized spacial score (nSPS) is 17.6. The number of hydrogen-bond donors (Lipinski definition) is 0. The van der Waals surface area contributed by atoms with E-state index in [9.17, 15) is 4.79 Å². The summed E-state index contributed by atoms with van der Waals surface area (Å²) >= 11 is 0. The maximum Gasteiger partial charge on any atom is 0.309 e. The van der Waals surface area contributed by atoms with E-state index in [0.29, 0.717) is 6.61 Å². The van der Waals surface area contributed by atoms with Crippen LogP contribution in [0.5, 0.6) is 0 Å². The van der Waals surface area contributed by atoms with Crippen LogP contribution in [0.4, 0.5) is 0 Å². The zero-order valence-corrected chi connectivity index (χ0v) is 14.1. The SMILES string of the molecule is CC(C)O[Si](C)(C)CCCOC(=O)C(C)CN1CC1. The van der Waals surface area contributed by atoms with Gasteiger partial charge in [-0.3, -0.25) is 9.69 Å². The predicted octanol–water partition coefficient (Wildman–Crippen LogP) is 2.50. The molecule has 1 saturated heterocycles. The summed E-state index contributed by atoms with van der Waals surface area (Å²) in [5, 5.41) is 0. The van der Waals surface area contributed by atoms with Crippen molar-refractivity contribution in [3.63, 3.8) is 0 Å². The molecular formula is C14H29NO3Si. The highest BCUT2D eigenvalue weighted by atomic mass is 28.4. The second kappa shape index (κ2) is 7.41. The van der Waals surface area contributed by atoms with Crippen LogP contribution < -0.4 is 0 Å². The standard InChI is InChI=1S/C14H29NO3Si/c1-12(2)18-19(4,5)10-6-9-17-14(16)13(3)11-15-7-8-15/h12-13H,6-11H2,1-5H3. The van der Waals surface area contributed by atoms with Crippen molar-refractivity contribution in [3.05, 3.63) is 0 Å². The molecule has 0 amide bonds. The van der Waals surface area contributed by atoms with E-state index in [-0.39, 0.29) is 18.0 Å². The fourth-order valence-electron chi connectivity index (χ4n) is 2.23. The maximum absolute atomic E-state index is 11.7. The Morgan fingerprint density at radius 1 is 1.26 bits per heavy atom. The molecule has 1 rings (SSSR count). The quantitative estimate of drug-likeness (QED) is 0.283. The van der Waals surface area contributed by atoms with Gasteiger partial charge in [0.15, 0.2) is 8.32 Å². The van der Waals surface area contributed by atoms with Gasteiger partial charge in [-0.1, -0.05) is 6.92 Å². The van der Waals surface area contributed by atoms with Crippen molar-refractivity contribution in [1.29, 1.82) is 0 Å². The first-order valence-electron chi connectivity index (χ1n) is 7.37. The monoisotopic (exact) mass is 287 g/mol. The van der Waals surface area contributed by atoms with Gasteiger partial charge in [0, 0.05) is 25.7 Å². The zero-order valence-electron chi connectivity index (χ0n) is 13.1. The van der Waals surface area contributed by atoms with Crippen LogP contribution in [0.25, 0.3) is 0 Å². The first kappa shape index (κ1) is 16.7. The highest BCUT2D eigenvalue weighted by Gasteiger charge is 2.25. The van der Waals surface area contributed by atoms with Crippen molar-refractivity contribution in [3.8, 4) is 0 Å². The Kier molecular flexibility index (Phi) is 6.49. The average Bonchev–Trinajstić information content (AvgIpc) is 3.06. The third-order valence-electron chi connectivity index (χ3n) is 3.20. The molecule has 4 nitrogen and oxygen atoms in total. The van der Waals surface area contributed by atoms with Gasteiger partial charge in [-0.15, -0.1) is 0 Å². The summed E-state index contributed by atoms with van der Waals surface area (Å²) in [6.07, 6.45) is 1.20. The van der Waals surface area contributed by atoms with E-state index < -0.39 is 8.32 Å². The van der Waals surface area contributed by atoms with Gasteiger partial charge in [-0.25, -0.2) is 0 Å². The summed E-state index contributed by atoms with van der Waals surface area (Å²) in [6, 6.07) is 1.04. The molecule has 1 fully saturated rings. The molecule has 0 saturated carbocycles. The Hall–Kier alpha value is -0.393. The lowest BCUT2D eigenvalue weighted by Gasteiger charge is -2.25. The summed E-state index contributed by atoms with van der Waals surface area (Å²) in [5.41, 5.74) is 0. The number of ether oxygens (including phenoxy) is 1. The van der Waals surface area contributed by atoms with Gasteiger partial charge in [0.1, 0.15) is 0 Å². The highest BCUT2D eigenvalue weighted by Crippen LogP contribution is 2.16. The number of carbonyl (C=O) groups is 1. The highest BCUT2D eigenvalue weighted by molar-refractivity contribution is 6.71. The van der Waals surface area contributed by atoms with Crippen LogP contribution in [-0.4, -0.2) is 51.5 Å². The number of hydrogen-bond acceptors (Lipinski definition) is 4. The Bertz CT molecular complexity index is 290. The Labute approximate surface area is 118 Å². The van der Waals surface area contributed by atoms with Gasteiger partial charge < -0.3 is 9.16 Å². The van der Waals surface area contributed by atoms with Crippen molar-refractivity contribution in [1.82, 2.24) is 4.90 Å². The van der Waals surface area contributed by atoms with E-state index in [1.54, 1.807) is 0 Å². The minimum Gasteiger partial charge on any atom is -0.465 e. The van der Waals surface area contributed by atoms with Crippen molar-refractivity contribution in [2.45, 2.75) is 52.4 Å². The maximum atomic E-state index is 11.7. The molecule has 0 N–H and O–H groups in total. The van der Waals surface area contributed by atoms with E-state index in [0.717, 1.165) is 32.1 Å². The second-order valence-corrected chi connectivity index (χ2v) is 10.7. The molecule has 1 aliphatic heterocycles. The Morgan fingerprint density at radius 2 is 1.89 bits per heavy atom. The Balaban J connectivity index is 2.10. The Morgan fingerprint density at radius 3 is 2.42 bits per heavy atom. The molecule has 1 unspecified atom stereocenters. The summed E-state index contributed by atoms with van der Waals surface area (Å²) in [4.78, 5) is 14.0. The van der Waals surface area contributed by atoms with Gasteiger partial charge >= 0.3 is 5.97 Å². The number of carbonyl (C=O) groups excluding carboxylic acids is 1. The van der Waals surface area contributed by atoms with Crippen LogP contribution in [0.3, 0.4) is 0 Å². The molecule has 0 aromatic heterocycles. The second-order valence-electron chi connectivity index (χ2n) is 6.40. The molecule has 0 aromatic rings. The third-order valence-corrected chi connectivity index (χ3v) is 5.86. The summed E-state index contributed by atoms with van der Waals surface area (Å²) in [6.45, 7) is 14.2. The largest absolute Gasteiger partial charge is 0.465 e. The van der Waals surface area contributed by atoms with Gasteiger partial charge in [0.25, 0.3) is 0 Å². The molecule has 112 valence electrons. The first-order chi connectivity index (χ1) is 8.80. The molecule has 0 spiro atoms. The van der Waals surface area contributed by atoms with Crippen molar-refractivity contribution >= 4 is 14.3 Å². The van der Waals surface area contributed by atoms with Crippen LogP contribution >= 0.6 is 0 Å². The molecule has 0 radical (unpaired) electrons. The summed E-state index contributed by atoms with van der Waals surface area (Å²) in [5.74, 6) is -0.0594. The third kappa shape index (κ3) is 7.70. The van der Waals surface area contributed by atoms with Gasteiger partial charge in [-0.2, -0.15) is 0 Å².